The Morgan fingerprint density at radius 1 is 1.25 bits per heavy atom. The third kappa shape index (κ3) is 4.01. The summed E-state index contributed by atoms with van der Waals surface area (Å²) in [6.07, 6.45) is -2.42. The zero-order valence-electron chi connectivity index (χ0n) is 14.7. The Kier molecular flexibility index (Phi) is 5.13. The van der Waals surface area contributed by atoms with Gasteiger partial charge in [-0.3, -0.25) is 4.79 Å². The third-order valence-corrected chi connectivity index (χ3v) is 4.06. The molecule has 0 atom stereocenters. The van der Waals surface area contributed by atoms with Crippen LogP contribution in [0.15, 0.2) is 48.8 Å². The summed E-state index contributed by atoms with van der Waals surface area (Å²) in [4.78, 5) is 16.2. The molecule has 2 heterocycles. The molecule has 6 nitrogen and oxygen atoms in total. The molecule has 3 aromatic rings. The topological polar surface area (TPSA) is 83.6 Å². The lowest BCUT2D eigenvalue weighted by atomic mass is 10.1. The molecule has 0 bridgehead atoms. The van der Waals surface area contributed by atoms with E-state index in [2.05, 4.69) is 15.4 Å². The van der Waals surface area contributed by atoms with Crippen molar-refractivity contribution in [3.05, 3.63) is 76.7 Å². The SMILES string of the molecule is Cc1c(C(=O)NCc2cccc(C#N)c2)cnn1-c1ccc(C(F)(F)F)cn1. The summed E-state index contributed by atoms with van der Waals surface area (Å²) in [5.74, 6) is -0.218. The van der Waals surface area contributed by atoms with E-state index >= 15 is 0 Å². The Hall–Kier alpha value is -3.67. The summed E-state index contributed by atoms with van der Waals surface area (Å²) in [7, 11) is 0. The number of hydrogen-bond acceptors (Lipinski definition) is 4. The molecule has 0 spiro atoms. The van der Waals surface area contributed by atoms with E-state index in [9.17, 15) is 18.0 Å². The first-order valence-corrected chi connectivity index (χ1v) is 8.15. The van der Waals surface area contributed by atoms with Crippen LogP contribution in [0.5, 0.6) is 0 Å². The van der Waals surface area contributed by atoms with E-state index in [-0.39, 0.29) is 17.9 Å². The Morgan fingerprint density at radius 2 is 2.04 bits per heavy atom. The number of pyridine rings is 1. The molecule has 28 heavy (non-hydrogen) atoms. The molecule has 1 aromatic carbocycles. The van der Waals surface area contributed by atoms with Crippen molar-refractivity contribution in [3.63, 3.8) is 0 Å². The van der Waals surface area contributed by atoms with Gasteiger partial charge in [-0.25, -0.2) is 9.67 Å². The first-order valence-electron chi connectivity index (χ1n) is 8.15. The second kappa shape index (κ2) is 7.52. The molecule has 0 aliphatic carbocycles. The van der Waals surface area contributed by atoms with Crippen molar-refractivity contribution in [3.8, 4) is 11.9 Å². The maximum atomic E-state index is 12.7. The Bertz CT molecular complexity index is 1050. The van der Waals surface area contributed by atoms with Gasteiger partial charge in [0.05, 0.1) is 34.7 Å². The smallest absolute Gasteiger partial charge is 0.348 e. The largest absolute Gasteiger partial charge is 0.417 e. The maximum absolute atomic E-state index is 12.7. The summed E-state index contributed by atoms with van der Waals surface area (Å²) in [6.45, 7) is 1.84. The molecule has 3 rings (SSSR count). The van der Waals surface area contributed by atoms with Crippen molar-refractivity contribution in [2.24, 2.45) is 0 Å². The van der Waals surface area contributed by atoms with E-state index in [1.165, 1.54) is 16.9 Å². The van der Waals surface area contributed by atoms with E-state index in [4.69, 9.17) is 5.26 Å². The van der Waals surface area contributed by atoms with Gasteiger partial charge in [-0.1, -0.05) is 12.1 Å². The predicted molar refractivity (Wildman–Crippen MR) is 93.4 cm³/mol. The Labute approximate surface area is 158 Å². The number of hydrogen-bond donors (Lipinski definition) is 1. The number of alkyl halides is 3. The molecule has 0 aliphatic rings. The molecule has 1 N–H and O–H groups in total. The summed E-state index contributed by atoms with van der Waals surface area (Å²) < 4.78 is 39.2. The predicted octanol–water partition coefficient (Wildman–Crippen LogP) is 3.40. The van der Waals surface area contributed by atoms with Crippen molar-refractivity contribution in [2.45, 2.75) is 19.6 Å². The summed E-state index contributed by atoms with van der Waals surface area (Å²) in [5, 5.41) is 15.7. The molecular weight excluding hydrogens is 371 g/mol. The fraction of sp³-hybridized carbons (Fsp3) is 0.158. The van der Waals surface area contributed by atoms with Crippen LogP contribution in [0.1, 0.15) is 32.7 Å². The van der Waals surface area contributed by atoms with Gasteiger partial charge < -0.3 is 5.32 Å². The molecule has 0 radical (unpaired) electrons. The normalized spacial score (nSPS) is 11.1. The second-order valence-corrected chi connectivity index (χ2v) is 5.95. The molecule has 9 heteroatoms. The number of nitriles is 1. The van der Waals surface area contributed by atoms with Crippen LogP contribution in [0.25, 0.3) is 5.82 Å². The number of nitrogens with one attached hydrogen (secondary N) is 1. The number of carbonyl (C=O) groups is 1. The van der Waals surface area contributed by atoms with Crippen LogP contribution >= 0.6 is 0 Å². The van der Waals surface area contributed by atoms with Gasteiger partial charge in [0.15, 0.2) is 5.82 Å². The molecular formula is C19H14F3N5O. The standard InChI is InChI=1S/C19H14F3N5O/c1-12-16(18(28)25-9-14-4-2-3-13(7-14)8-23)11-26-27(12)17-6-5-15(10-24-17)19(20,21)22/h2-7,10-11H,9H2,1H3,(H,25,28). The molecule has 0 saturated heterocycles. The zero-order valence-corrected chi connectivity index (χ0v) is 14.7. The molecule has 2 aromatic heterocycles. The third-order valence-electron chi connectivity index (χ3n) is 4.06. The summed E-state index contributed by atoms with van der Waals surface area (Å²) >= 11 is 0. The lowest BCUT2D eigenvalue weighted by molar-refractivity contribution is -0.137. The lowest BCUT2D eigenvalue weighted by Gasteiger charge is -2.08. The summed E-state index contributed by atoms with van der Waals surface area (Å²) in [5.41, 5.74) is 1.11. The van der Waals surface area contributed by atoms with Gasteiger partial charge in [0.25, 0.3) is 5.91 Å². The van der Waals surface area contributed by atoms with Crippen molar-refractivity contribution in [1.29, 1.82) is 5.26 Å². The molecule has 0 unspecified atom stereocenters. The zero-order chi connectivity index (χ0) is 20.3. The van der Waals surface area contributed by atoms with Gasteiger partial charge in [-0.15, -0.1) is 0 Å². The fourth-order valence-corrected chi connectivity index (χ4v) is 2.57. The van der Waals surface area contributed by atoms with Gasteiger partial charge in [0.2, 0.25) is 0 Å². The number of amides is 1. The molecule has 0 aliphatic heterocycles. The van der Waals surface area contributed by atoms with Crippen LogP contribution in [-0.2, 0) is 12.7 Å². The molecule has 1 amide bonds. The minimum atomic E-state index is -4.47. The Balaban J connectivity index is 1.75. The van der Waals surface area contributed by atoms with Crippen LogP contribution in [-0.4, -0.2) is 20.7 Å². The van der Waals surface area contributed by atoms with E-state index in [1.807, 2.05) is 6.07 Å². The number of nitrogens with zero attached hydrogens (tertiary/aromatic N) is 4. The maximum Gasteiger partial charge on any atom is 0.417 e. The Morgan fingerprint density at radius 3 is 2.68 bits per heavy atom. The first kappa shape index (κ1) is 19.1. The van der Waals surface area contributed by atoms with Crippen molar-refractivity contribution in [1.82, 2.24) is 20.1 Å². The van der Waals surface area contributed by atoms with Gasteiger partial charge in [0, 0.05) is 12.7 Å². The van der Waals surface area contributed by atoms with Gasteiger partial charge in [0.1, 0.15) is 0 Å². The average molecular weight is 385 g/mol. The van der Waals surface area contributed by atoms with Gasteiger partial charge >= 0.3 is 6.18 Å². The average Bonchev–Trinajstić information content (AvgIpc) is 3.07. The highest BCUT2D eigenvalue weighted by Gasteiger charge is 2.30. The first-order chi connectivity index (χ1) is 13.3. The number of carbonyl (C=O) groups excluding carboxylic acids is 1. The molecule has 142 valence electrons. The number of rotatable bonds is 4. The number of aromatic nitrogens is 3. The highest BCUT2D eigenvalue weighted by Crippen LogP contribution is 2.28. The van der Waals surface area contributed by atoms with Gasteiger partial charge in [-0.05, 0) is 36.8 Å². The van der Waals surface area contributed by atoms with Gasteiger partial charge in [-0.2, -0.15) is 23.5 Å². The van der Waals surface area contributed by atoms with Crippen LogP contribution < -0.4 is 5.32 Å². The van der Waals surface area contributed by atoms with E-state index < -0.39 is 17.6 Å². The van der Waals surface area contributed by atoms with Crippen LogP contribution in [0.3, 0.4) is 0 Å². The lowest BCUT2D eigenvalue weighted by Crippen LogP contribution is -2.23. The van der Waals surface area contributed by atoms with Crippen molar-refractivity contribution in [2.75, 3.05) is 0 Å². The van der Waals surface area contributed by atoms with Crippen LogP contribution in [0, 0.1) is 18.3 Å². The minimum Gasteiger partial charge on any atom is -0.348 e. The van der Waals surface area contributed by atoms with Crippen molar-refractivity contribution >= 4 is 5.91 Å². The highest BCUT2D eigenvalue weighted by atomic mass is 19.4. The van der Waals surface area contributed by atoms with Crippen molar-refractivity contribution < 1.29 is 18.0 Å². The number of benzene rings is 1. The summed E-state index contributed by atoms with van der Waals surface area (Å²) in [6, 6.07) is 11.0. The highest BCUT2D eigenvalue weighted by molar-refractivity contribution is 5.95. The number of halogens is 3. The van der Waals surface area contributed by atoms with E-state index in [0.717, 1.165) is 17.8 Å². The monoisotopic (exact) mass is 385 g/mol. The molecule has 0 fully saturated rings. The molecule has 0 saturated carbocycles. The second-order valence-electron chi connectivity index (χ2n) is 5.95. The minimum absolute atomic E-state index is 0.172. The van der Waals surface area contributed by atoms with Crippen LogP contribution in [0.4, 0.5) is 13.2 Å². The van der Waals surface area contributed by atoms with Crippen LogP contribution in [0.2, 0.25) is 0 Å². The fourth-order valence-electron chi connectivity index (χ4n) is 2.57. The van der Waals surface area contributed by atoms with E-state index in [0.29, 0.717) is 11.3 Å². The quantitative estimate of drug-likeness (QED) is 0.746. The van der Waals surface area contributed by atoms with E-state index in [1.54, 1.807) is 31.2 Å².